The zero-order valence-electron chi connectivity index (χ0n) is 14.0. The molecule has 3 aromatic rings. The van der Waals surface area contributed by atoms with E-state index in [0.29, 0.717) is 12.2 Å². The van der Waals surface area contributed by atoms with Crippen LogP contribution in [0.3, 0.4) is 0 Å². The van der Waals surface area contributed by atoms with Gasteiger partial charge in [0.15, 0.2) is 5.52 Å². The van der Waals surface area contributed by atoms with Crippen molar-refractivity contribution in [3.05, 3.63) is 57.0 Å². The van der Waals surface area contributed by atoms with Crippen molar-refractivity contribution in [1.29, 1.82) is 0 Å². The molecule has 0 fully saturated rings. The number of carbonyl (C=O) groups is 1. The van der Waals surface area contributed by atoms with E-state index in [2.05, 4.69) is 4.98 Å². The van der Waals surface area contributed by atoms with Crippen LogP contribution in [0.4, 0.5) is 5.69 Å². The molecule has 2 aromatic heterocycles. The van der Waals surface area contributed by atoms with Gasteiger partial charge in [-0.3, -0.25) is 18.7 Å². The minimum Gasteiger partial charge on any atom is -0.310 e. The van der Waals surface area contributed by atoms with Crippen LogP contribution in [0.5, 0.6) is 0 Å². The highest BCUT2D eigenvalue weighted by Gasteiger charge is 2.25. The van der Waals surface area contributed by atoms with Crippen molar-refractivity contribution in [3.63, 3.8) is 0 Å². The summed E-state index contributed by atoms with van der Waals surface area (Å²) >= 11 is 0. The number of hydrogen-bond acceptors (Lipinski definition) is 4. The lowest BCUT2D eigenvalue weighted by atomic mass is 10.2. The molecule has 8 nitrogen and oxygen atoms in total. The lowest BCUT2D eigenvalue weighted by Gasteiger charge is -2.18. The van der Waals surface area contributed by atoms with Gasteiger partial charge in [-0.05, 0) is 18.1 Å². The summed E-state index contributed by atoms with van der Waals surface area (Å²) in [6, 6.07) is 7.81. The Balaban J connectivity index is 1.74. The average Bonchev–Trinajstić information content (AvgIpc) is 3.22. The zero-order valence-corrected chi connectivity index (χ0v) is 14.0. The second-order valence-corrected chi connectivity index (χ2v) is 6.17. The maximum atomic E-state index is 12.8. The highest BCUT2D eigenvalue weighted by Crippen LogP contribution is 2.27. The molecule has 4 rings (SSSR count). The van der Waals surface area contributed by atoms with Gasteiger partial charge in [0.25, 0.3) is 5.56 Å². The van der Waals surface area contributed by atoms with E-state index in [0.717, 1.165) is 22.2 Å². The summed E-state index contributed by atoms with van der Waals surface area (Å²) in [7, 11) is 2.98. The van der Waals surface area contributed by atoms with Crippen molar-refractivity contribution in [1.82, 2.24) is 18.7 Å². The van der Waals surface area contributed by atoms with Crippen LogP contribution in [0.15, 0.2) is 40.2 Å². The van der Waals surface area contributed by atoms with E-state index in [4.69, 9.17) is 0 Å². The lowest BCUT2D eigenvalue weighted by Crippen LogP contribution is -2.38. The maximum Gasteiger partial charge on any atom is 0.332 e. The monoisotopic (exact) mass is 339 g/mol. The fraction of sp³-hybridized carbons (Fsp3) is 0.294. The molecule has 0 N–H and O–H groups in total. The molecule has 0 bridgehead atoms. The minimum absolute atomic E-state index is 0.0191. The summed E-state index contributed by atoms with van der Waals surface area (Å²) in [5.41, 5.74) is 1.69. The minimum atomic E-state index is -0.462. The zero-order chi connectivity index (χ0) is 17.7. The SMILES string of the molecule is Cn1c(=O)c2ncn(CC(=O)N3CCc4ccccc43)c2n(C)c1=O. The number of benzene rings is 1. The number of fused-ring (bicyclic) bond motifs is 2. The Morgan fingerprint density at radius 1 is 1.16 bits per heavy atom. The van der Waals surface area contributed by atoms with Gasteiger partial charge in [-0.2, -0.15) is 0 Å². The van der Waals surface area contributed by atoms with Crippen LogP contribution in [0, 0.1) is 0 Å². The Hall–Kier alpha value is -3.16. The summed E-state index contributed by atoms with van der Waals surface area (Å²) in [5.74, 6) is -0.0997. The van der Waals surface area contributed by atoms with Crippen molar-refractivity contribution in [2.24, 2.45) is 14.1 Å². The van der Waals surface area contributed by atoms with E-state index in [9.17, 15) is 14.4 Å². The summed E-state index contributed by atoms with van der Waals surface area (Å²) in [6.45, 7) is 0.650. The summed E-state index contributed by atoms with van der Waals surface area (Å²) < 4.78 is 3.91. The van der Waals surface area contributed by atoms with Gasteiger partial charge in [0.1, 0.15) is 12.2 Å². The third-order valence-electron chi connectivity index (χ3n) is 4.70. The van der Waals surface area contributed by atoms with Crippen LogP contribution in [-0.4, -0.2) is 31.1 Å². The van der Waals surface area contributed by atoms with Crippen LogP contribution in [0.1, 0.15) is 5.56 Å². The maximum absolute atomic E-state index is 12.8. The van der Waals surface area contributed by atoms with Crippen LogP contribution in [-0.2, 0) is 31.9 Å². The van der Waals surface area contributed by atoms with E-state index in [1.54, 1.807) is 16.5 Å². The van der Waals surface area contributed by atoms with E-state index < -0.39 is 11.2 Å². The summed E-state index contributed by atoms with van der Waals surface area (Å²) in [6.07, 6.45) is 2.26. The largest absolute Gasteiger partial charge is 0.332 e. The average molecular weight is 339 g/mol. The number of nitrogens with zero attached hydrogens (tertiary/aromatic N) is 5. The molecule has 0 radical (unpaired) electrons. The standard InChI is InChI=1S/C17H17N5O3/c1-19-15-14(16(24)20(2)17(19)25)18-10-21(15)9-13(23)22-8-7-11-5-3-4-6-12(11)22/h3-6,10H,7-9H2,1-2H3. The Morgan fingerprint density at radius 3 is 2.72 bits per heavy atom. The third kappa shape index (κ3) is 2.21. The molecule has 1 aliphatic rings. The number of para-hydroxylation sites is 1. The molecule has 0 atom stereocenters. The Bertz CT molecular complexity index is 1120. The predicted molar refractivity (Wildman–Crippen MR) is 92.7 cm³/mol. The van der Waals surface area contributed by atoms with Crippen molar-refractivity contribution in [3.8, 4) is 0 Å². The number of carbonyl (C=O) groups excluding carboxylic acids is 1. The molecule has 0 saturated carbocycles. The summed E-state index contributed by atoms with van der Waals surface area (Å²) in [5, 5.41) is 0. The van der Waals surface area contributed by atoms with Gasteiger partial charge < -0.3 is 9.47 Å². The van der Waals surface area contributed by atoms with Gasteiger partial charge in [0.2, 0.25) is 5.91 Å². The molecular formula is C17H17N5O3. The first-order valence-corrected chi connectivity index (χ1v) is 7.98. The van der Waals surface area contributed by atoms with Gasteiger partial charge in [-0.15, -0.1) is 0 Å². The fourth-order valence-electron chi connectivity index (χ4n) is 3.38. The smallest absolute Gasteiger partial charge is 0.310 e. The lowest BCUT2D eigenvalue weighted by molar-refractivity contribution is -0.119. The Kier molecular flexibility index (Phi) is 3.34. The normalized spacial score (nSPS) is 13.4. The molecular weight excluding hydrogens is 322 g/mol. The van der Waals surface area contributed by atoms with Crippen LogP contribution >= 0.6 is 0 Å². The highest BCUT2D eigenvalue weighted by molar-refractivity contribution is 5.95. The molecule has 0 aliphatic carbocycles. The molecule has 1 aliphatic heterocycles. The van der Waals surface area contributed by atoms with E-state index in [1.165, 1.54) is 17.9 Å². The quantitative estimate of drug-likeness (QED) is 0.659. The second-order valence-electron chi connectivity index (χ2n) is 6.17. The second kappa shape index (κ2) is 5.44. The molecule has 3 heterocycles. The van der Waals surface area contributed by atoms with Gasteiger partial charge in [-0.25, -0.2) is 9.78 Å². The van der Waals surface area contributed by atoms with Crippen molar-refractivity contribution in [2.75, 3.05) is 11.4 Å². The van der Waals surface area contributed by atoms with Gasteiger partial charge in [-0.1, -0.05) is 18.2 Å². The van der Waals surface area contributed by atoms with Gasteiger partial charge in [0.05, 0.1) is 6.33 Å². The topological polar surface area (TPSA) is 82.1 Å². The van der Waals surface area contributed by atoms with Crippen molar-refractivity contribution >= 4 is 22.8 Å². The number of aryl methyl sites for hydroxylation is 1. The van der Waals surface area contributed by atoms with Crippen LogP contribution in [0.25, 0.3) is 11.2 Å². The van der Waals surface area contributed by atoms with E-state index in [1.807, 2.05) is 24.3 Å². The molecule has 0 unspecified atom stereocenters. The van der Waals surface area contributed by atoms with Crippen molar-refractivity contribution in [2.45, 2.75) is 13.0 Å². The fourth-order valence-corrected chi connectivity index (χ4v) is 3.38. The molecule has 8 heteroatoms. The van der Waals surface area contributed by atoms with Gasteiger partial charge in [0, 0.05) is 26.3 Å². The van der Waals surface area contributed by atoms with Crippen LogP contribution < -0.4 is 16.1 Å². The number of hydrogen-bond donors (Lipinski definition) is 0. The number of amides is 1. The molecule has 128 valence electrons. The first-order valence-electron chi connectivity index (χ1n) is 7.98. The first-order chi connectivity index (χ1) is 12.0. The van der Waals surface area contributed by atoms with Crippen molar-refractivity contribution < 1.29 is 4.79 Å². The molecule has 0 saturated heterocycles. The molecule has 1 amide bonds. The van der Waals surface area contributed by atoms with E-state index in [-0.39, 0.29) is 18.0 Å². The van der Waals surface area contributed by atoms with Crippen LogP contribution in [0.2, 0.25) is 0 Å². The molecule has 0 spiro atoms. The Labute approximate surface area is 142 Å². The number of imidazole rings is 1. The van der Waals surface area contributed by atoms with E-state index >= 15 is 0 Å². The number of aromatic nitrogens is 4. The molecule has 1 aromatic carbocycles. The third-order valence-corrected chi connectivity index (χ3v) is 4.70. The number of rotatable bonds is 2. The highest BCUT2D eigenvalue weighted by atomic mass is 16.2. The first kappa shape index (κ1) is 15.4. The Morgan fingerprint density at radius 2 is 1.92 bits per heavy atom. The molecule has 25 heavy (non-hydrogen) atoms. The summed E-state index contributed by atoms with van der Waals surface area (Å²) in [4.78, 5) is 43.0. The number of anilines is 1. The predicted octanol–water partition coefficient (Wildman–Crippen LogP) is 0.0230. The van der Waals surface area contributed by atoms with Gasteiger partial charge >= 0.3 is 5.69 Å².